The lowest BCUT2D eigenvalue weighted by molar-refractivity contribution is 0.102. The Labute approximate surface area is 192 Å². The van der Waals surface area contributed by atoms with E-state index in [0.717, 1.165) is 11.1 Å². The smallest absolute Gasteiger partial charge is 0.278 e. The largest absolute Gasteiger partial charge is 0.288 e. The maximum absolute atomic E-state index is 12.5. The van der Waals surface area contributed by atoms with Crippen LogP contribution in [0.2, 0.25) is 5.02 Å². The molecule has 33 heavy (non-hydrogen) atoms. The van der Waals surface area contributed by atoms with Crippen LogP contribution in [0.15, 0.2) is 73.2 Å². The SMILES string of the molecule is O=C(Nc1ncn(Cc2ccc(Cl)cc2)n1)c1ccn(Cn2nnc(-c3ccccc3)n2)n1. The van der Waals surface area contributed by atoms with Crippen molar-refractivity contribution in [3.8, 4) is 11.4 Å². The number of halogens is 1. The van der Waals surface area contributed by atoms with Gasteiger partial charge in [-0.25, -0.2) is 14.3 Å². The van der Waals surface area contributed by atoms with Crippen molar-refractivity contribution in [2.24, 2.45) is 0 Å². The van der Waals surface area contributed by atoms with Crippen LogP contribution in [0.4, 0.5) is 5.95 Å². The first-order valence-electron chi connectivity index (χ1n) is 9.94. The number of hydrogen-bond donors (Lipinski definition) is 1. The van der Waals surface area contributed by atoms with Gasteiger partial charge in [0.15, 0.2) is 12.4 Å². The number of carbonyl (C=O) groups is 1. The zero-order chi connectivity index (χ0) is 22.6. The number of aromatic nitrogens is 9. The number of benzene rings is 2. The monoisotopic (exact) mass is 460 g/mol. The Morgan fingerprint density at radius 1 is 0.939 bits per heavy atom. The van der Waals surface area contributed by atoms with Gasteiger partial charge >= 0.3 is 0 Å². The average Bonchev–Trinajstić information content (AvgIpc) is 3.58. The quantitative estimate of drug-likeness (QED) is 0.396. The summed E-state index contributed by atoms with van der Waals surface area (Å²) in [6.07, 6.45) is 3.20. The van der Waals surface area contributed by atoms with E-state index in [2.05, 4.69) is 35.9 Å². The summed E-state index contributed by atoms with van der Waals surface area (Å²) in [5.74, 6) is 0.282. The molecule has 5 rings (SSSR count). The summed E-state index contributed by atoms with van der Waals surface area (Å²) in [6, 6.07) is 18.6. The molecule has 12 heteroatoms. The number of nitrogens with zero attached hydrogens (tertiary/aromatic N) is 9. The number of rotatable bonds is 7. The van der Waals surface area contributed by atoms with Crippen molar-refractivity contribution in [1.82, 2.24) is 44.8 Å². The highest BCUT2D eigenvalue weighted by Gasteiger charge is 2.13. The summed E-state index contributed by atoms with van der Waals surface area (Å²) in [5, 5.41) is 24.3. The highest BCUT2D eigenvalue weighted by Crippen LogP contribution is 2.12. The molecule has 11 nitrogen and oxygen atoms in total. The van der Waals surface area contributed by atoms with Crippen molar-refractivity contribution in [1.29, 1.82) is 0 Å². The second kappa shape index (κ2) is 9.01. The molecule has 0 fully saturated rings. The molecule has 0 unspecified atom stereocenters. The molecule has 0 radical (unpaired) electrons. The topological polar surface area (TPSA) is 121 Å². The minimum Gasteiger partial charge on any atom is -0.288 e. The first kappa shape index (κ1) is 20.5. The number of amides is 1. The van der Waals surface area contributed by atoms with E-state index in [9.17, 15) is 4.79 Å². The second-order valence-corrected chi connectivity index (χ2v) is 7.52. The first-order chi connectivity index (χ1) is 16.1. The van der Waals surface area contributed by atoms with Crippen molar-refractivity contribution in [3.63, 3.8) is 0 Å². The number of anilines is 1. The molecule has 0 aliphatic heterocycles. The van der Waals surface area contributed by atoms with E-state index in [1.807, 2.05) is 54.6 Å². The van der Waals surface area contributed by atoms with Crippen molar-refractivity contribution in [2.75, 3.05) is 5.32 Å². The van der Waals surface area contributed by atoms with Crippen molar-refractivity contribution in [2.45, 2.75) is 13.2 Å². The van der Waals surface area contributed by atoms with Crippen molar-refractivity contribution < 1.29 is 4.79 Å². The predicted octanol–water partition coefficient (Wildman–Crippen LogP) is 2.59. The van der Waals surface area contributed by atoms with E-state index in [1.54, 1.807) is 23.3 Å². The molecule has 3 aromatic heterocycles. The van der Waals surface area contributed by atoms with Crippen molar-refractivity contribution in [3.05, 3.63) is 89.5 Å². The Morgan fingerprint density at radius 3 is 2.58 bits per heavy atom. The average molecular weight is 461 g/mol. The van der Waals surface area contributed by atoms with Crippen LogP contribution >= 0.6 is 11.6 Å². The van der Waals surface area contributed by atoms with Crippen LogP contribution < -0.4 is 5.32 Å². The molecule has 0 bridgehead atoms. The van der Waals surface area contributed by atoms with E-state index < -0.39 is 5.91 Å². The molecule has 0 spiro atoms. The van der Waals surface area contributed by atoms with Crippen LogP contribution in [-0.2, 0) is 13.2 Å². The van der Waals surface area contributed by atoms with Crippen LogP contribution in [0.25, 0.3) is 11.4 Å². The molecule has 1 N–H and O–H groups in total. The standard InChI is InChI=1S/C21H17ClN10O/c22-17-8-6-15(7-9-17)12-31-13-23-21(28-31)24-20(33)18-10-11-30(26-18)14-32-27-19(25-29-32)16-4-2-1-3-5-16/h1-11,13H,12,14H2,(H,24,28,33). The summed E-state index contributed by atoms with van der Waals surface area (Å²) in [7, 11) is 0. The number of carbonyl (C=O) groups excluding carboxylic acids is 1. The molecule has 2 aromatic carbocycles. The van der Waals surface area contributed by atoms with Gasteiger partial charge < -0.3 is 0 Å². The maximum Gasteiger partial charge on any atom is 0.278 e. The normalized spacial score (nSPS) is 10.9. The van der Waals surface area contributed by atoms with Gasteiger partial charge in [-0.3, -0.25) is 10.1 Å². The molecule has 3 heterocycles. The molecular weight excluding hydrogens is 444 g/mol. The molecule has 5 aromatic rings. The fourth-order valence-corrected chi connectivity index (χ4v) is 3.19. The molecular formula is C21H17ClN10O. The highest BCUT2D eigenvalue weighted by molar-refractivity contribution is 6.30. The third-order valence-electron chi connectivity index (χ3n) is 4.65. The lowest BCUT2D eigenvalue weighted by Gasteiger charge is -2.01. The summed E-state index contributed by atoms with van der Waals surface area (Å²) < 4.78 is 3.16. The lowest BCUT2D eigenvalue weighted by atomic mass is 10.2. The van der Waals surface area contributed by atoms with E-state index in [-0.39, 0.29) is 18.3 Å². The van der Waals surface area contributed by atoms with Gasteiger partial charge in [-0.15, -0.1) is 20.1 Å². The highest BCUT2D eigenvalue weighted by atomic mass is 35.5. The van der Waals surface area contributed by atoms with Gasteiger partial charge in [-0.1, -0.05) is 54.1 Å². The second-order valence-electron chi connectivity index (χ2n) is 7.08. The first-order valence-corrected chi connectivity index (χ1v) is 10.3. The predicted molar refractivity (Wildman–Crippen MR) is 119 cm³/mol. The number of tetrazole rings is 1. The van der Waals surface area contributed by atoms with E-state index >= 15 is 0 Å². The van der Waals surface area contributed by atoms with Crippen LogP contribution in [0.3, 0.4) is 0 Å². The Kier molecular flexibility index (Phi) is 5.60. The zero-order valence-electron chi connectivity index (χ0n) is 17.2. The molecule has 0 saturated carbocycles. The van der Waals surface area contributed by atoms with Gasteiger partial charge in [-0.05, 0) is 29.0 Å². The fourth-order valence-electron chi connectivity index (χ4n) is 3.07. The van der Waals surface area contributed by atoms with Gasteiger partial charge in [0, 0.05) is 16.8 Å². The molecule has 164 valence electrons. The van der Waals surface area contributed by atoms with Crippen LogP contribution in [-0.4, -0.2) is 50.7 Å². The summed E-state index contributed by atoms with van der Waals surface area (Å²) in [4.78, 5) is 18.1. The molecule has 0 aliphatic carbocycles. The third kappa shape index (κ3) is 4.93. The molecule has 0 atom stereocenters. The fraction of sp³-hybridized carbons (Fsp3) is 0.0952. The lowest BCUT2D eigenvalue weighted by Crippen LogP contribution is -2.16. The number of nitrogens with one attached hydrogen (secondary N) is 1. The Balaban J connectivity index is 1.20. The molecule has 0 aliphatic rings. The Hall–Kier alpha value is -4.38. The van der Waals surface area contributed by atoms with Crippen LogP contribution in [0.1, 0.15) is 16.1 Å². The van der Waals surface area contributed by atoms with Crippen LogP contribution in [0.5, 0.6) is 0 Å². The van der Waals surface area contributed by atoms with Gasteiger partial charge in [0.1, 0.15) is 6.33 Å². The Bertz CT molecular complexity index is 1370. The molecule has 0 saturated heterocycles. The van der Waals surface area contributed by atoms with Gasteiger partial charge in [0.25, 0.3) is 5.91 Å². The number of hydrogen-bond acceptors (Lipinski definition) is 7. The summed E-state index contributed by atoms with van der Waals surface area (Å²) in [5.41, 5.74) is 2.10. The zero-order valence-corrected chi connectivity index (χ0v) is 17.9. The minimum atomic E-state index is -0.422. The van der Waals surface area contributed by atoms with Gasteiger partial charge in [0.05, 0.1) is 6.54 Å². The van der Waals surface area contributed by atoms with Crippen molar-refractivity contribution >= 4 is 23.5 Å². The maximum atomic E-state index is 12.5. The minimum absolute atomic E-state index is 0.189. The Morgan fingerprint density at radius 2 is 1.76 bits per heavy atom. The van der Waals surface area contributed by atoms with E-state index in [0.29, 0.717) is 17.4 Å². The molecule has 1 amide bonds. The summed E-state index contributed by atoms with van der Waals surface area (Å²) in [6.45, 7) is 0.714. The van der Waals surface area contributed by atoms with Gasteiger partial charge in [-0.2, -0.15) is 5.10 Å². The van der Waals surface area contributed by atoms with Crippen LogP contribution in [0, 0.1) is 0 Å². The summed E-state index contributed by atoms with van der Waals surface area (Å²) >= 11 is 5.91. The van der Waals surface area contributed by atoms with E-state index in [1.165, 1.54) is 9.48 Å². The van der Waals surface area contributed by atoms with Gasteiger partial charge in [0.2, 0.25) is 11.8 Å². The third-order valence-corrected chi connectivity index (χ3v) is 4.90. The van der Waals surface area contributed by atoms with E-state index in [4.69, 9.17) is 11.6 Å².